The van der Waals surface area contributed by atoms with E-state index in [0.29, 0.717) is 6.42 Å². The van der Waals surface area contributed by atoms with Crippen LogP contribution in [0.1, 0.15) is 18.9 Å². The molecular weight excluding hydrogens is 406 g/mol. The quantitative estimate of drug-likeness (QED) is 0.359. The van der Waals surface area contributed by atoms with Gasteiger partial charge in [-0.15, -0.1) is 0 Å². The monoisotopic (exact) mass is 427 g/mol. The Hall–Kier alpha value is -3.65. The van der Waals surface area contributed by atoms with Crippen molar-refractivity contribution in [3.8, 4) is 12.5 Å². The first-order valence-electron chi connectivity index (χ1n) is 9.04. The molecule has 3 N–H and O–H groups in total. The summed E-state index contributed by atoms with van der Waals surface area (Å²) in [6.07, 6.45) is 5.77. The van der Waals surface area contributed by atoms with E-state index in [1.54, 1.807) is 19.1 Å². The zero-order valence-electron chi connectivity index (χ0n) is 16.5. The number of carbonyl (C=O) groups excluding carboxylic acids is 1. The van der Waals surface area contributed by atoms with E-state index >= 15 is 0 Å². The number of nitrogens with two attached hydrogens (primary N) is 1. The highest BCUT2D eigenvalue weighted by Crippen LogP contribution is 2.21. The Morgan fingerprint density at radius 3 is 2.60 bits per heavy atom. The van der Waals surface area contributed by atoms with E-state index in [4.69, 9.17) is 16.9 Å². The summed E-state index contributed by atoms with van der Waals surface area (Å²) in [6, 6.07) is 10.4. The van der Waals surface area contributed by atoms with Crippen LogP contribution >= 0.6 is 0 Å². The number of fused-ring (bicyclic) bond motifs is 1. The van der Waals surface area contributed by atoms with Gasteiger partial charge in [-0.1, -0.05) is 43.7 Å². The summed E-state index contributed by atoms with van der Waals surface area (Å²) in [6.45, 7) is 1.87. The zero-order valence-corrected chi connectivity index (χ0v) is 17.3. The van der Waals surface area contributed by atoms with Gasteiger partial charge in [-0.2, -0.15) is 4.98 Å². The molecule has 0 radical (unpaired) electrons. The van der Waals surface area contributed by atoms with Crippen molar-refractivity contribution in [1.29, 1.82) is 4.78 Å². The van der Waals surface area contributed by atoms with Crippen molar-refractivity contribution in [1.82, 2.24) is 24.0 Å². The number of hydrogen-bond acceptors (Lipinski definition) is 7. The van der Waals surface area contributed by atoms with Gasteiger partial charge in [-0.05, 0) is 12.0 Å². The number of anilines is 1. The maximum Gasteiger partial charge on any atom is 0.344 e. The molecule has 11 heteroatoms. The van der Waals surface area contributed by atoms with Crippen molar-refractivity contribution in [3.05, 3.63) is 46.4 Å². The summed E-state index contributed by atoms with van der Waals surface area (Å²) >= 11 is 0. The molecule has 3 rings (SSSR count). The number of terminal acetylenes is 1. The first kappa shape index (κ1) is 21.1. The molecule has 1 atom stereocenters. The van der Waals surface area contributed by atoms with E-state index in [1.807, 2.05) is 18.2 Å². The molecule has 0 fully saturated rings. The third-order valence-corrected chi connectivity index (χ3v) is 6.17. The molecule has 2 aromatic heterocycles. The average molecular weight is 427 g/mol. The number of nitrogen functional groups attached to an aromatic ring is 1. The lowest BCUT2D eigenvalue weighted by molar-refractivity contribution is 0.226. The molecule has 156 valence electrons. The highest BCUT2D eigenvalue weighted by molar-refractivity contribution is 7.92. The molecule has 1 amide bonds. The zero-order chi connectivity index (χ0) is 22.1. The van der Waals surface area contributed by atoms with Crippen molar-refractivity contribution < 1.29 is 9.00 Å². The minimum atomic E-state index is -3.31. The van der Waals surface area contributed by atoms with Crippen LogP contribution in [0.5, 0.6) is 0 Å². The molecule has 0 spiro atoms. The van der Waals surface area contributed by atoms with Crippen LogP contribution in [0.2, 0.25) is 0 Å². The minimum Gasteiger partial charge on any atom is -0.382 e. The Morgan fingerprint density at radius 1 is 1.33 bits per heavy atom. The van der Waals surface area contributed by atoms with Crippen LogP contribution in [0.3, 0.4) is 0 Å². The standard InChI is InChI=1S/C19H21N7O3S/c1-4-11-30(21,29)17-22-15(20)14-16(23-17)25(12-13-9-7-6-8-10-13)19(28)26(14)18(27)24(3)5-2/h2,6-10,21H,4,11-12H2,1,3H3,(H2,20,22,23). The Balaban J connectivity index is 2.36. The number of carbonyl (C=O) groups is 1. The van der Waals surface area contributed by atoms with E-state index in [9.17, 15) is 13.8 Å². The van der Waals surface area contributed by atoms with Gasteiger partial charge >= 0.3 is 11.7 Å². The number of imidazole rings is 1. The molecule has 30 heavy (non-hydrogen) atoms. The van der Waals surface area contributed by atoms with Crippen LogP contribution in [-0.2, 0) is 16.3 Å². The largest absolute Gasteiger partial charge is 0.382 e. The number of rotatable bonds is 5. The van der Waals surface area contributed by atoms with Gasteiger partial charge in [-0.25, -0.2) is 28.1 Å². The second-order valence-corrected chi connectivity index (χ2v) is 8.73. The third kappa shape index (κ3) is 3.65. The average Bonchev–Trinajstić information content (AvgIpc) is 3.00. The van der Waals surface area contributed by atoms with E-state index in [-0.39, 0.29) is 34.4 Å². The van der Waals surface area contributed by atoms with Gasteiger partial charge in [0.15, 0.2) is 11.5 Å². The summed E-state index contributed by atoms with van der Waals surface area (Å²) in [5, 5.41) is -0.272. The number of nitrogens with zero attached hydrogens (tertiary/aromatic N) is 5. The third-order valence-electron chi connectivity index (χ3n) is 4.42. The molecule has 0 bridgehead atoms. The first-order chi connectivity index (χ1) is 14.2. The number of hydrogen-bond donors (Lipinski definition) is 2. The molecule has 0 aliphatic heterocycles. The topological polar surface area (TPSA) is 140 Å². The fourth-order valence-corrected chi connectivity index (χ4v) is 4.20. The van der Waals surface area contributed by atoms with Gasteiger partial charge in [0.2, 0.25) is 5.16 Å². The van der Waals surface area contributed by atoms with E-state index in [2.05, 4.69) is 16.0 Å². The Labute approximate surface area is 173 Å². The molecule has 1 aromatic carbocycles. The predicted octanol–water partition coefficient (Wildman–Crippen LogP) is 1.53. The Morgan fingerprint density at radius 2 is 2.00 bits per heavy atom. The lowest BCUT2D eigenvalue weighted by Crippen LogP contribution is -2.36. The van der Waals surface area contributed by atoms with Crippen LogP contribution in [-0.4, -0.2) is 47.0 Å². The van der Waals surface area contributed by atoms with Gasteiger partial charge in [0.05, 0.1) is 6.54 Å². The highest BCUT2D eigenvalue weighted by atomic mass is 32.2. The fraction of sp³-hybridized carbons (Fsp3) is 0.263. The lowest BCUT2D eigenvalue weighted by Gasteiger charge is -2.10. The predicted molar refractivity (Wildman–Crippen MR) is 113 cm³/mol. The summed E-state index contributed by atoms with van der Waals surface area (Å²) in [4.78, 5) is 35.0. The number of nitrogens with one attached hydrogen (secondary N) is 1. The van der Waals surface area contributed by atoms with Crippen molar-refractivity contribution >= 4 is 32.7 Å². The first-order valence-corrected chi connectivity index (χ1v) is 10.8. The second kappa shape index (κ2) is 8.00. The maximum atomic E-state index is 13.2. The maximum absolute atomic E-state index is 13.2. The van der Waals surface area contributed by atoms with Crippen molar-refractivity contribution in [3.63, 3.8) is 0 Å². The SMILES string of the molecule is C#CN(C)C(=O)n1c(=O)n(Cc2ccccc2)c2nc(S(=N)(=O)CCC)nc(N)c21. The van der Waals surface area contributed by atoms with Crippen LogP contribution in [0.4, 0.5) is 10.6 Å². The fourth-order valence-electron chi connectivity index (χ4n) is 2.97. The normalized spacial score (nSPS) is 13.0. The van der Waals surface area contributed by atoms with Crippen molar-refractivity contribution in [2.75, 3.05) is 18.5 Å². The molecule has 1 unspecified atom stereocenters. The van der Waals surface area contributed by atoms with Gasteiger partial charge in [0.1, 0.15) is 15.2 Å². The summed E-state index contributed by atoms with van der Waals surface area (Å²) < 4.78 is 22.9. The number of amides is 1. The summed E-state index contributed by atoms with van der Waals surface area (Å²) in [7, 11) is -1.98. The molecule has 0 saturated carbocycles. The Bertz CT molecular complexity index is 1320. The van der Waals surface area contributed by atoms with Crippen LogP contribution in [0.25, 0.3) is 11.2 Å². The van der Waals surface area contributed by atoms with Crippen LogP contribution in [0, 0.1) is 17.2 Å². The summed E-state index contributed by atoms with van der Waals surface area (Å²) in [5.74, 6) is -0.186. The lowest BCUT2D eigenvalue weighted by atomic mass is 10.2. The van der Waals surface area contributed by atoms with Gasteiger partial charge < -0.3 is 5.73 Å². The molecule has 0 saturated heterocycles. The smallest absolute Gasteiger partial charge is 0.344 e. The number of aromatic nitrogens is 4. The van der Waals surface area contributed by atoms with Gasteiger partial charge in [0, 0.05) is 18.8 Å². The highest BCUT2D eigenvalue weighted by Gasteiger charge is 2.27. The van der Waals surface area contributed by atoms with Gasteiger partial charge in [-0.3, -0.25) is 9.47 Å². The van der Waals surface area contributed by atoms with Crippen molar-refractivity contribution in [2.45, 2.75) is 25.0 Å². The van der Waals surface area contributed by atoms with Crippen LogP contribution in [0.15, 0.2) is 40.3 Å². The minimum absolute atomic E-state index is 0.0150. The summed E-state index contributed by atoms with van der Waals surface area (Å²) in [5.41, 5.74) is 6.08. The molecule has 2 heterocycles. The molecule has 0 aliphatic carbocycles. The van der Waals surface area contributed by atoms with Crippen molar-refractivity contribution in [2.24, 2.45) is 0 Å². The Kier molecular flexibility index (Phi) is 5.62. The van der Waals surface area contributed by atoms with E-state index < -0.39 is 21.4 Å². The molecule has 10 nitrogen and oxygen atoms in total. The molecule has 3 aromatic rings. The molecule has 0 aliphatic rings. The van der Waals surface area contributed by atoms with Crippen LogP contribution < -0.4 is 11.4 Å². The number of benzene rings is 1. The van der Waals surface area contributed by atoms with Gasteiger partial charge in [0.25, 0.3) is 0 Å². The second-order valence-electron chi connectivity index (χ2n) is 6.60. The molecular formula is C19H21N7O3S. The van der Waals surface area contributed by atoms with E-state index in [0.717, 1.165) is 15.0 Å². The van der Waals surface area contributed by atoms with E-state index in [1.165, 1.54) is 11.6 Å².